The summed E-state index contributed by atoms with van der Waals surface area (Å²) >= 11 is 0. The lowest BCUT2D eigenvalue weighted by Gasteiger charge is -2.29. The van der Waals surface area contributed by atoms with E-state index in [1.807, 2.05) is 42.2 Å². The van der Waals surface area contributed by atoms with Gasteiger partial charge in [-0.15, -0.1) is 0 Å². The van der Waals surface area contributed by atoms with Crippen molar-refractivity contribution in [2.75, 3.05) is 0 Å². The maximum absolute atomic E-state index is 12.6. The first-order valence-electron chi connectivity index (χ1n) is 7.61. The summed E-state index contributed by atoms with van der Waals surface area (Å²) in [5, 5.41) is 2.99. The summed E-state index contributed by atoms with van der Waals surface area (Å²) in [5.74, 6) is 0. The fraction of sp³-hybridized carbons (Fsp3) is 0.353. The lowest BCUT2D eigenvalue weighted by Crippen LogP contribution is -2.42. The number of aromatic nitrogens is 2. The van der Waals surface area contributed by atoms with Gasteiger partial charge in [-0.05, 0) is 43.5 Å². The molecule has 5 heteroatoms. The first-order valence-corrected chi connectivity index (χ1v) is 7.61. The van der Waals surface area contributed by atoms with E-state index in [4.69, 9.17) is 0 Å². The molecule has 0 aliphatic heterocycles. The number of amides is 2. The predicted octanol–water partition coefficient (Wildman–Crippen LogP) is 2.91. The molecule has 1 aliphatic rings. The van der Waals surface area contributed by atoms with E-state index in [0.29, 0.717) is 12.6 Å². The third-order valence-electron chi connectivity index (χ3n) is 3.87. The molecule has 114 valence electrons. The van der Waals surface area contributed by atoms with Crippen LogP contribution in [0.5, 0.6) is 0 Å². The van der Waals surface area contributed by atoms with Crippen molar-refractivity contribution in [2.24, 2.45) is 0 Å². The van der Waals surface area contributed by atoms with E-state index in [0.717, 1.165) is 24.1 Å². The summed E-state index contributed by atoms with van der Waals surface area (Å²) in [5.41, 5.74) is 1.92. The lowest BCUT2D eigenvalue weighted by atomic mass is 10.2. The molecule has 2 aromatic rings. The van der Waals surface area contributed by atoms with Crippen LogP contribution in [0.4, 0.5) is 4.79 Å². The summed E-state index contributed by atoms with van der Waals surface area (Å²) < 4.78 is 0. The van der Waals surface area contributed by atoms with E-state index in [9.17, 15) is 4.79 Å². The number of nitrogens with zero attached hydrogens (tertiary/aromatic N) is 3. The van der Waals surface area contributed by atoms with Gasteiger partial charge in [0, 0.05) is 31.2 Å². The number of carbonyl (C=O) groups excluding carboxylic acids is 1. The van der Waals surface area contributed by atoms with Gasteiger partial charge in [-0.3, -0.25) is 9.97 Å². The third kappa shape index (κ3) is 3.42. The molecule has 1 atom stereocenters. The molecule has 2 aromatic heterocycles. The molecule has 1 aliphatic carbocycles. The number of carbonyl (C=O) groups is 1. The molecule has 1 saturated carbocycles. The lowest BCUT2D eigenvalue weighted by molar-refractivity contribution is 0.173. The van der Waals surface area contributed by atoms with E-state index in [1.54, 1.807) is 18.6 Å². The van der Waals surface area contributed by atoms with Crippen LogP contribution in [0.3, 0.4) is 0 Å². The highest BCUT2D eigenvalue weighted by Crippen LogP contribution is 2.33. The zero-order valence-corrected chi connectivity index (χ0v) is 12.6. The van der Waals surface area contributed by atoms with Crippen molar-refractivity contribution in [3.05, 3.63) is 60.2 Å². The van der Waals surface area contributed by atoms with Crippen LogP contribution in [-0.4, -0.2) is 26.9 Å². The summed E-state index contributed by atoms with van der Waals surface area (Å²) in [6.45, 7) is 2.52. The standard InChI is InChI=1S/C17H20N4O/c1-13(16-6-2-3-10-19-16)21(15-7-8-15)17(22)20-12-14-5-4-9-18-11-14/h2-6,9-11,13,15H,7-8,12H2,1H3,(H,20,22)/t13-/m0/s1. The van der Waals surface area contributed by atoms with E-state index in [-0.39, 0.29) is 12.1 Å². The topological polar surface area (TPSA) is 58.1 Å². The minimum Gasteiger partial charge on any atom is -0.334 e. The zero-order valence-electron chi connectivity index (χ0n) is 12.6. The Kier molecular flexibility index (Phi) is 4.32. The summed E-state index contributed by atoms with van der Waals surface area (Å²) in [6, 6.07) is 9.90. The average Bonchev–Trinajstić information content (AvgIpc) is 3.40. The number of rotatable bonds is 5. The van der Waals surface area contributed by atoms with Crippen LogP contribution in [0.25, 0.3) is 0 Å². The van der Waals surface area contributed by atoms with Crippen molar-refractivity contribution in [2.45, 2.75) is 38.4 Å². The Bertz CT molecular complexity index is 613. The van der Waals surface area contributed by atoms with E-state index in [2.05, 4.69) is 15.3 Å². The second kappa shape index (κ2) is 6.56. The van der Waals surface area contributed by atoms with Crippen LogP contribution < -0.4 is 5.32 Å². The van der Waals surface area contributed by atoms with Crippen LogP contribution in [0.15, 0.2) is 48.9 Å². The molecule has 22 heavy (non-hydrogen) atoms. The minimum atomic E-state index is -0.0375. The number of hydrogen-bond acceptors (Lipinski definition) is 3. The Hall–Kier alpha value is -2.43. The molecule has 2 amide bonds. The van der Waals surface area contributed by atoms with Gasteiger partial charge < -0.3 is 10.2 Å². The monoisotopic (exact) mass is 296 g/mol. The van der Waals surface area contributed by atoms with Crippen molar-refractivity contribution < 1.29 is 4.79 Å². The predicted molar refractivity (Wildman–Crippen MR) is 84.0 cm³/mol. The highest BCUT2D eigenvalue weighted by molar-refractivity contribution is 5.75. The Balaban J connectivity index is 1.67. The Morgan fingerprint density at radius 1 is 1.32 bits per heavy atom. The second-order valence-electron chi connectivity index (χ2n) is 5.59. The maximum Gasteiger partial charge on any atom is 0.318 e. The smallest absolute Gasteiger partial charge is 0.318 e. The van der Waals surface area contributed by atoms with E-state index < -0.39 is 0 Å². The Morgan fingerprint density at radius 3 is 2.82 bits per heavy atom. The fourth-order valence-corrected chi connectivity index (χ4v) is 2.55. The molecule has 0 radical (unpaired) electrons. The Labute approximate surface area is 130 Å². The molecular weight excluding hydrogens is 276 g/mol. The number of nitrogens with one attached hydrogen (secondary N) is 1. The minimum absolute atomic E-state index is 0.0254. The van der Waals surface area contributed by atoms with Crippen molar-refractivity contribution in [3.8, 4) is 0 Å². The molecule has 0 unspecified atom stereocenters. The van der Waals surface area contributed by atoms with E-state index in [1.165, 1.54) is 0 Å². The molecule has 0 saturated heterocycles. The van der Waals surface area contributed by atoms with Gasteiger partial charge in [-0.2, -0.15) is 0 Å². The van der Waals surface area contributed by atoms with Crippen molar-refractivity contribution in [1.29, 1.82) is 0 Å². The van der Waals surface area contributed by atoms with Gasteiger partial charge in [0.1, 0.15) is 0 Å². The van der Waals surface area contributed by atoms with Crippen LogP contribution in [0.1, 0.15) is 37.1 Å². The Morgan fingerprint density at radius 2 is 2.18 bits per heavy atom. The van der Waals surface area contributed by atoms with Gasteiger partial charge >= 0.3 is 6.03 Å². The molecule has 1 fully saturated rings. The first kappa shape index (κ1) is 14.5. The second-order valence-corrected chi connectivity index (χ2v) is 5.59. The van der Waals surface area contributed by atoms with Gasteiger partial charge in [-0.1, -0.05) is 12.1 Å². The molecule has 3 rings (SSSR count). The third-order valence-corrected chi connectivity index (χ3v) is 3.87. The van der Waals surface area contributed by atoms with Gasteiger partial charge in [0.15, 0.2) is 0 Å². The highest BCUT2D eigenvalue weighted by Gasteiger charge is 2.36. The van der Waals surface area contributed by atoms with Gasteiger partial charge in [0.05, 0.1) is 11.7 Å². The van der Waals surface area contributed by atoms with Crippen LogP contribution in [-0.2, 0) is 6.54 Å². The summed E-state index contributed by atoms with van der Waals surface area (Å²) in [7, 11) is 0. The van der Waals surface area contributed by atoms with Crippen LogP contribution >= 0.6 is 0 Å². The molecule has 0 aromatic carbocycles. The van der Waals surface area contributed by atoms with Gasteiger partial charge in [-0.25, -0.2) is 4.79 Å². The molecule has 1 N–H and O–H groups in total. The normalized spacial score (nSPS) is 15.1. The van der Waals surface area contributed by atoms with Crippen molar-refractivity contribution >= 4 is 6.03 Å². The summed E-state index contributed by atoms with van der Waals surface area (Å²) in [4.78, 5) is 22.9. The number of hydrogen-bond donors (Lipinski definition) is 1. The fourth-order valence-electron chi connectivity index (χ4n) is 2.55. The number of pyridine rings is 2. The average molecular weight is 296 g/mol. The largest absolute Gasteiger partial charge is 0.334 e. The first-order chi connectivity index (χ1) is 10.8. The maximum atomic E-state index is 12.6. The van der Waals surface area contributed by atoms with E-state index >= 15 is 0 Å². The molecule has 0 spiro atoms. The van der Waals surface area contributed by atoms with Crippen molar-refractivity contribution in [1.82, 2.24) is 20.2 Å². The van der Waals surface area contributed by atoms with Crippen LogP contribution in [0, 0.1) is 0 Å². The molecule has 2 heterocycles. The highest BCUT2D eigenvalue weighted by atomic mass is 16.2. The van der Waals surface area contributed by atoms with Crippen molar-refractivity contribution in [3.63, 3.8) is 0 Å². The number of urea groups is 1. The SMILES string of the molecule is C[C@@H](c1ccccn1)N(C(=O)NCc1cccnc1)C1CC1. The molecule has 5 nitrogen and oxygen atoms in total. The van der Waals surface area contributed by atoms with Gasteiger partial charge in [0.25, 0.3) is 0 Å². The molecule has 0 bridgehead atoms. The zero-order chi connectivity index (χ0) is 15.4. The quantitative estimate of drug-likeness (QED) is 0.923. The van der Waals surface area contributed by atoms with Crippen LogP contribution in [0.2, 0.25) is 0 Å². The van der Waals surface area contributed by atoms with Gasteiger partial charge in [0.2, 0.25) is 0 Å². The molecular formula is C17H20N4O. The summed E-state index contributed by atoms with van der Waals surface area (Å²) in [6.07, 6.45) is 7.40.